The minimum absolute atomic E-state index is 0.238. The molecule has 1 fully saturated rings. The van der Waals surface area contributed by atoms with Crippen molar-refractivity contribution in [3.8, 4) is 0 Å². The largest absolute Gasteiger partial charge is 0.392 e. The van der Waals surface area contributed by atoms with Crippen LogP contribution in [0.15, 0.2) is 18.2 Å². The Labute approximate surface area is 123 Å². The van der Waals surface area contributed by atoms with Gasteiger partial charge in [-0.25, -0.2) is 4.39 Å². The van der Waals surface area contributed by atoms with Gasteiger partial charge in [0.05, 0.1) is 4.99 Å². The van der Waals surface area contributed by atoms with Crippen molar-refractivity contribution >= 4 is 28.8 Å². The van der Waals surface area contributed by atoms with Gasteiger partial charge in [0.1, 0.15) is 5.82 Å². The molecule has 6 heteroatoms. The third-order valence-electron chi connectivity index (χ3n) is 3.29. The van der Waals surface area contributed by atoms with Crippen LogP contribution in [0.2, 0.25) is 5.02 Å². The average molecular weight is 302 g/mol. The Morgan fingerprint density at radius 1 is 1.26 bits per heavy atom. The second-order valence-corrected chi connectivity index (χ2v) is 5.65. The molecule has 1 aliphatic heterocycles. The summed E-state index contributed by atoms with van der Waals surface area (Å²) in [6, 6.07) is 4.80. The highest BCUT2D eigenvalue weighted by molar-refractivity contribution is 7.80. The quantitative estimate of drug-likeness (QED) is 0.861. The predicted octanol–water partition coefficient (Wildman–Crippen LogP) is 1.88. The Hall–Kier alpha value is -0.750. The Morgan fingerprint density at radius 2 is 1.89 bits per heavy atom. The number of thiocarbonyl (C=S) groups is 1. The minimum Gasteiger partial charge on any atom is -0.392 e. The van der Waals surface area contributed by atoms with Crippen LogP contribution >= 0.6 is 23.8 Å². The maximum atomic E-state index is 13.7. The van der Waals surface area contributed by atoms with Gasteiger partial charge in [-0.1, -0.05) is 29.9 Å². The molecule has 0 radical (unpaired) electrons. The summed E-state index contributed by atoms with van der Waals surface area (Å²) in [5.74, 6) is -0.238. The van der Waals surface area contributed by atoms with E-state index in [0.29, 0.717) is 28.7 Å². The van der Waals surface area contributed by atoms with Crippen LogP contribution in [0.5, 0.6) is 0 Å². The summed E-state index contributed by atoms with van der Waals surface area (Å²) in [6.45, 7) is 4.73. The molecule has 1 heterocycles. The second kappa shape index (κ2) is 6.61. The van der Waals surface area contributed by atoms with Gasteiger partial charge in [0.2, 0.25) is 0 Å². The summed E-state index contributed by atoms with van der Waals surface area (Å²) < 4.78 is 13.7. The fourth-order valence-corrected chi connectivity index (χ4v) is 2.64. The molecule has 0 bridgehead atoms. The number of nitrogens with zero attached hydrogens (tertiary/aromatic N) is 2. The van der Waals surface area contributed by atoms with E-state index in [1.807, 2.05) is 0 Å². The summed E-state index contributed by atoms with van der Waals surface area (Å²) >= 11 is 10.9. The maximum Gasteiger partial charge on any atom is 0.129 e. The molecule has 104 valence electrons. The number of halogens is 2. The smallest absolute Gasteiger partial charge is 0.129 e. The van der Waals surface area contributed by atoms with Gasteiger partial charge in [0.15, 0.2) is 0 Å². The molecule has 1 aromatic carbocycles. The molecule has 0 spiro atoms. The summed E-state index contributed by atoms with van der Waals surface area (Å²) in [5.41, 5.74) is 6.11. The first-order valence-electron chi connectivity index (χ1n) is 6.22. The zero-order valence-electron chi connectivity index (χ0n) is 10.6. The third-order valence-corrected chi connectivity index (χ3v) is 3.77. The molecule has 0 amide bonds. The van der Waals surface area contributed by atoms with Gasteiger partial charge in [-0.15, -0.1) is 0 Å². The Bertz CT molecular complexity index is 441. The molecule has 2 N–H and O–H groups in total. The van der Waals surface area contributed by atoms with Crippen LogP contribution in [0.25, 0.3) is 0 Å². The van der Waals surface area contributed by atoms with E-state index in [2.05, 4.69) is 9.80 Å². The third kappa shape index (κ3) is 4.11. The van der Waals surface area contributed by atoms with Gasteiger partial charge < -0.3 is 5.73 Å². The van der Waals surface area contributed by atoms with Gasteiger partial charge in [0, 0.05) is 49.9 Å². The molecule has 1 saturated heterocycles. The zero-order valence-corrected chi connectivity index (χ0v) is 12.2. The Kier molecular flexibility index (Phi) is 5.10. The van der Waals surface area contributed by atoms with Crippen LogP contribution in [0, 0.1) is 5.82 Å². The molecule has 0 saturated carbocycles. The van der Waals surface area contributed by atoms with Crippen LogP contribution in [0.1, 0.15) is 5.56 Å². The van der Waals surface area contributed by atoms with E-state index in [9.17, 15) is 4.39 Å². The van der Waals surface area contributed by atoms with Gasteiger partial charge in [-0.2, -0.15) is 0 Å². The molecule has 1 aromatic rings. The molecular weight excluding hydrogens is 285 g/mol. The van der Waals surface area contributed by atoms with Crippen molar-refractivity contribution in [2.75, 3.05) is 32.7 Å². The highest BCUT2D eigenvalue weighted by atomic mass is 35.5. The van der Waals surface area contributed by atoms with Crippen molar-refractivity contribution in [3.05, 3.63) is 34.6 Å². The normalized spacial score (nSPS) is 17.6. The van der Waals surface area contributed by atoms with Gasteiger partial charge in [-0.05, 0) is 12.1 Å². The molecule has 0 unspecified atom stereocenters. The van der Waals surface area contributed by atoms with Crippen LogP contribution in [0.4, 0.5) is 4.39 Å². The average Bonchev–Trinajstić information content (AvgIpc) is 2.35. The standard InChI is InChI=1S/C13H17ClFN3S/c14-11-2-1-3-12(15)10(11)8-17-4-6-18(7-5-17)9-13(16)19/h1-3H,4-9H2,(H2,16,19). The summed E-state index contributed by atoms with van der Waals surface area (Å²) in [4.78, 5) is 4.92. The number of benzene rings is 1. The summed E-state index contributed by atoms with van der Waals surface area (Å²) in [5, 5.41) is 0.491. The topological polar surface area (TPSA) is 32.5 Å². The highest BCUT2D eigenvalue weighted by Gasteiger charge is 2.19. The predicted molar refractivity (Wildman–Crippen MR) is 79.9 cm³/mol. The van der Waals surface area contributed by atoms with Crippen LogP contribution in [-0.2, 0) is 6.54 Å². The zero-order chi connectivity index (χ0) is 13.8. The summed E-state index contributed by atoms with van der Waals surface area (Å²) in [7, 11) is 0. The van der Waals surface area contributed by atoms with Crippen molar-refractivity contribution in [2.45, 2.75) is 6.54 Å². The number of rotatable bonds is 4. The fourth-order valence-electron chi connectivity index (χ4n) is 2.23. The van der Waals surface area contributed by atoms with Crippen LogP contribution in [-0.4, -0.2) is 47.5 Å². The number of piperazine rings is 1. The molecule has 0 atom stereocenters. The minimum atomic E-state index is -0.238. The van der Waals surface area contributed by atoms with E-state index in [1.165, 1.54) is 6.07 Å². The van der Waals surface area contributed by atoms with Crippen molar-refractivity contribution in [2.24, 2.45) is 5.73 Å². The SMILES string of the molecule is NC(=S)CN1CCN(Cc2c(F)cccc2Cl)CC1. The van der Waals surface area contributed by atoms with E-state index in [1.54, 1.807) is 12.1 Å². The molecule has 1 aliphatic rings. The lowest BCUT2D eigenvalue weighted by molar-refractivity contribution is 0.139. The lowest BCUT2D eigenvalue weighted by atomic mass is 10.2. The molecule has 0 aliphatic carbocycles. The fraction of sp³-hybridized carbons (Fsp3) is 0.462. The first-order chi connectivity index (χ1) is 9.06. The van der Waals surface area contributed by atoms with Crippen molar-refractivity contribution < 1.29 is 4.39 Å². The lowest BCUT2D eigenvalue weighted by Gasteiger charge is -2.34. The van der Waals surface area contributed by atoms with E-state index >= 15 is 0 Å². The van der Waals surface area contributed by atoms with Crippen LogP contribution < -0.4 is 5.73 Å². The number of hydrogen-bond donors (Lipinski definition) is 1. The first-order valence-corrected chi connectivity index (χ1v) is 7.01. The van der Waals surface area contributed by atoms with E-state index in [-0.39, 0.29) is 5.82 Å². The van der Waals surface area contributed by atoms with Gasteiger partial charge in [0.25, 0.3) is 0 Å². The highest BCUT2D eigenvalue weighted by Crippen LogP contribution is 2.21. The number of nitrogens with two attached hydrogens (primary N) is 1. The molecular formula is C13H17ClFN3S. The van der Waals surface area contributed by atoms with Crippen molar-refractivity contribution in [3.63, 3.8) is 0 Å². The van der Waals surface area contributed by atoms with Gasteiger partial charge in [-0.3, -0.25) is 9.80 Å². The Morgan fingerprint density at radius 3 is 2.47 bits per heavy atom. The first kappa shape index (κ1) is 14.7. The Balaban J connectivity index is 1.91. The van der Waals surface area contributed by atoms with Gasteiger partial charge >= 0.3 is 0 Å². The van der Waals surface area contributed by atoms with Crippen molar-refractivity contribution in [1.82, 2.24) is 9.80 Å². The molecule has 3 nitrogen and oxygen atoms in total. The second-order valence-electron chi connectivity index (χ2n) is 4.72. The van der Waals surface area contributed by atoms with Crippen molar-refractivity contribution in [1.29, 1.82) is 0 Å². The van der Waals surface area contributed by atoms with E-state index in [0.717, 1.165) is 26.2 Å². The van der Waals surface area contributed by atoms with Crippen LogP contribution in [0.3, 0.4) is 0 Å². The molecule has 0 aromatic heterocycles. The number of hydrogen-bond acceptors (Lipinski definition) is 3. The maximum absolute atomic E-state index is 13.7. The monoisotopic (exact) mass is 301 g/mol. The van der Waals surface area contributed by atoms with E-state index < -0.39 is 0 Å². The lowest BCUT2D eigenvalue weighted by Crippen LogP contribution is -2.48. The van der Waals surface area contributed by atoms with E-state index in [4.69, 9.17) is 29.6 Å². The summed E-state index contributed by atoms with van der Waals surface area (Å²) in [6.07, 6.45) is 0. The molecule has 2 rings (SSSR count). The molecule has 19 heavy (non-hydrogen) atoms.